The second kappa shape index (κ2) is 5.38. The molecular formula is C12H16N2O. The second-order valence-corrected chi connectivity index (χ2v) is 3.73. The summed E-state index contributed by atoms with van der Waals surface area (Å²) in [7, 11) is 0. The standard InChI is InChI=1S/C12H16N2O/c1-9-3-4-12(11(7-9)8-13)14-6-5-10(2)15/h3-4,7,10,14-15H,5-6H2,1-2H3. The number of aryl methyl sites for hydroxylation is 1. The van der Waals surface area contributed by atoms with E-state index in [0.29, 0.717) is 18.5 Å². The Morgan fingerprint density at radius 3 is 2.87 bits per heavy atom. The molecule has 0 spiro atoms. The molecule has 15 heavy (non-hydrogen) atoms. The minimum absolute atomic E-state index is 0.312. The number of nitrogens with one attached hydrogen (secondary N) is 1. The van der Waals surface area contributed by atoms with Crippen molar-refractivity contribution in [2.24, 2.45) is 0 Å². The summed E-state index contributed by atoms with van der Waals surface area (Å²) in [6.45, 7) is 4.39. The summed E-state index contributed by atoms with van der Waals surface area (Å²) in [6, 6.07) is 7.86. The highest BCUT2D eigenvalue weighted by Crippen LogP contribution is 2.16. The molecule has 0 aliphatic carbocycles. The van der Waals surface area contributed by atoms with Crippen molar-refractivity contribution in [2.75, 3.05) is 11.9 Å². The summed E-state index contributed by atoms with van der Waals surface area (Å²) in [4.78, 5) is 0. The van der Waals surface area contributed by atoms with Gasteiger partial charge in [-0.1, -0.05) is 6.07 Å². The van der Waals surface area contributed by atoms with Gasteiger partial charge >= 0.3 is 0 Å². The van der Waals surface area contributed by atoms with E-state index < -0.39 is 0 Å². The van der Waals surface area contributed by atoms with Crippen molar-refractivity contribution in [3.63, 3.8) is 0 Å². The molecule has 80 valence electrons. The Labute approximate surface area is 90.4 Å². The summed E-state index contributed by atoms with van der Waals surface area (Å²) in [5.74, 6) is 0. The summed E-state index contributed by atoms with van der Waals surface area (Å²) < 4.78 is 0. The van der Waals surface area contributed by atoms with Gasteiger partial charge in [-0.15, -0.1) is 0 Å². The third kappa shape index (κ3) is 3.61. The summed E-state index contributed by atoms with van der Waals surface area (Å²) in [5, 5.41) is 21.1. The highest BCUT2D eigenvalue weighted by atomic mass is 16.3. The van der Waals surface area contributed by atoms with E-state index in [-0.39, 0.29) is 6.10 Å². The molecule has 0 aliphatic rings. The zero-order valence-electron chi connectivity index (χ0n) is 9.12. The molecule has 1 aromatic rings. The zero-order valence-corrected chi connectivity index (χ0v) is 9.12. The SMILES string of the molecule is Cc1ccc(NCCC(C)O)c(C#N)c1. The number of aliphatic hydroxyl groups excluding tert-OH is 1. The van der Waals surface area contributed by atoms with Crippen LogP contribution in [-0.2, 0) is 0 Å². The number of nitriles is 1. The first kappa shape index (κ1) is 11.5. The number of rotatable bonds is 4. The van der Waals surface area contributed by atoms with E-state index in [1.54, 1.807) is 6.92 Å². The Bertz CT molecular complexity index is 366. The van der Waals surface area contributed by atoms with Crippen molar-refractivity contribution >= 4 is 5.69 Å². The fourth-order valence-electron chi connectivity index (χ4n) is 1.32. The smallest absolute Gasteiger partial charge is 0.101 e. The van der Waals surface area contributed by atoms with Crippen LogP contribution in [0.15, 0.2) is 18.2 Å². The van der Waals surface area contributed by atoms with Crippen molar-refractivity contribution in [1.29, 1.82) is 5.26 Å². The lowest BCUT2D eigenvalue weighted by Crippen LogP contribution is -2.10. The van der Waals surface area contributed by atoms with E-state index >= 15 is 0 Å². The van der Waals surface area contributed by atoms with E-state index in [9.17, 15) is 0 Å². The summed E-state index contributed by atoms with van der Waals surface area (Å²) in [5.41, 5.74) is 2.57. The van der Waals surface area contributed by atoms with Crippen LogP contribution >= 0.6 is 0 Å². The van der Waals surface area contributed by atoms with Crippen LogP contribution in [0.5, 0.6) is 0 Å². The van der Waals surface area contributed by atoms with Gasteiger partial charge in [-0.2, -0.15) is 5.26 Å². The predicted molar refractivity (Wildman–Crippen MR) is 60.7 cm³/mol. The maximum atomic E-state index is 9.10. The van der Waals surface area contributed by atoms with Gasteiger partial charge in [0.05, 0.1) is 17.4 Å². The van der Waals surface area contributed by atoms with Gasteiger partial charge in [-0.25, -0.2) is 0 Å². The van der Waals surface area contributed by atoms with Gasteiger partial charge in [0.2, 0.25) is 0 Å². The molecule has 1 atom stereocenters. The largest absolute Gasteiger partial charge is 0.393 e. The lowest BCUT2D eigenvalue weighted by molar-refractivity contribution is 0.189. The average Bonchev–Trinajstić information content (AvgIpc) is 2.19. The van der Waals surface area contributed by atoms with Crippen LogP contribution in [0.2, 0.25) is 0 Å². The highest BCUT2D eigenvalue weighted by Gasteiger charge is 2.02. The molecule has 0 radical (unpaired) electrons. The van der Waals surface area contributed by atoms with Gasteiger partial charge in [-0.05, 0) is 38.0 Å². The van der Waals surface area contributed by atoms with E-state index in [4.69, 9.17) is 10.4 Å². The topological polar surface area (TPSA) is 56.0 Å². The van der Waals surface area contributed by atoms with Crippen molar-refractivity contribution < 1.29 is 5.11 Å². The molecule has 0 fully saturated rings. The Balaban J connectivity index is 2.65. The van der Waals surface area contributed by atoms with Crippen molar-refractivity contribution in [3.05, 3.63) is 29.3 Å². The molecule has 1 aromatic carbocycles. The van der Waals surface area contributed by atoms with Crippen LogP contribution < -0.4 is 5.32 Å². The highest BCUT2D eigenvalue weighted by molar-refractivity contribution is 5.58. The normalized spacial score (nSPS) is 11.9. The average molecular weight is 204 g/mol. The summed E-state index contributed by atoms with van der Waals surface area (Å²) >= 11 is 0. The van der Waals surface area contributed by atoms with Crippen molar-refractivity contribution in [3.8, 4) is 6.07 Å². The minimum atomic E-state index is -0.312. The lowest BCUT2D eigenvalue weighted by atomic mass is 10.1. The number of hydrogen-bond donors (Lipinski definition) is 2. The van der Waals surface area contributed by atoms with Gasteiger partial charge in [0.1, 0.15) is 6.07 Å². The molecule has 0 amide bonds. The molecule has 2 N–H and O–H groups in total. The number of aliphatic hydroxyl groups is 1. The Kier molecular flexibility index (Phi) is 4.14. The fourth-order valence-corrected chi connectivity index (χ4v) is 1.32. The van der Waals surface area contributed by atoms with Crippen LogP contribution in [-0.4, -0.2) is 17.8 Å². The summed E-state index contributed by atoms with van der Waals surface area (Å²) in [6.07, 6.45) is 0.368. The third-order valence-corrected chi connectivity index (χ3v) is 2.17. The third-order valence-electron chi connectivity index (χ3n) is 2.17. The van der Waals surface area contributed by atoms with Gasteiger partial charge in [0, 0.05) is 6.54 Å². The molecule has 0 aromatic heterocycles. The Morgan fingerprint density at radius 1 is 1.53 bits per heavy atom. The molecule has 1 unspecified atom stereocenters. The maximum absolute atomic E-state index is 9.10. The lowest BCUT2D eigenvalue weighted by Gasteiger charge is -2.09. The molecule has 0 heterocycles. The fraction of sp³-hybridized carbons (Fsp3) is 0.417. The first-order chi connectivity index (χ1) is 7.13. The van der Waals surface area contributed by atoms with Crippen LogP contribution in [0.3, 0.4) is 0 Å². The van der Waals surface area contributed by atoms with Crippen molar-refractivity contribution in [1.82, 2.24) is 0 Å². The number of hydrogen-bond acceptors (Lipinski definition) is 3. The van der Waals surface area contributed by atoms with Crippen LogP contribution in [0, 0.1) is 18.3 Å². The van der Waals surface area contributed by atoms with Gasteiger partial charge < -0.3 is 10.4 Å². The number of benzene rings is 1. The second-order valence-electron chi connectivity index (χ2n) is 3.73. The first-order valence-electron chi connectivity index (χ1n) is 5.06. The quantitative estimate of drug-likeness (QED) is 0.789. The van der Waals surface area contributed by atoms with Gasteiger partial charge in [0.25, 0.3) is 0 Å². The Hall–Kier alpha value is -1.53. The number of nitrogens with zero attached hydrogens (tertiary/aromatic N) is 1. The molecule has 0 saturated carbocycles. The van der Waals surface area contributed by atoms with Gasteiger partial charge in [-0.3, -0.25) is 0 Å². The molecule has 0 bridgehead atoms. The molecular weight excluding hydrogens is 188 g/mol. The van der Waals surface area contributed by atoms with E-state index in [1.165, 1.54) is 0 Å². The molecule has 3 nitrogen and oxygen atoms in total. The van der Waals surface area contributed by atoms with Crippen LogP contribution in [0.25, 0.3) is 0 Å². The van der Waals surface area contributed by atoms with Crippen LogP contribution in [0.1, 0.15) is 24.5 Å². The first-order valence-corrected chi connectivity index (χ1v) is 5.06. The monoisotopic (exact) mass is 204 g/mol. The van der Waals surface area contributed by atoms with Crippen molar-refractivity contribution in [2.45, 2.75) is 26.4 Å². The molecule has 1 rings (SSSR count). The maximum Gasteiger partial charge on any atom is 0.101 e. The minimum Gasteiger partial charge on any atom is -0.393 e. The molecule has 3 heteroatoms. The Morgan fingerprint density at radius 2 is 2.27 bits per heavy atom. The van der Waals surface area contributed by atoms with E-state index in [1.807, 2.05) is 25.1 Å². The van der Waals surface area contributed by atoms with E-state index in [2.05, 4.69) is 11.4 Å². The van der Waals surface area contributed by atoms with Crippen LogP contribution in [0.4, 0.5) is 5.69 Å². The van der Waals surface area contributed by atoms with E-state index in [0.717, 1.165) is 11.3 Å². The molecule has 0 aliphatic heterocycles. The molecule has 0 saturated heterocycles. The van der Waals surface area contributed by atoms with Gasteiger partial charge in [0.15, 0.2) is 0 Å². The predicted octanol–water partition coefficient (Wildman–Crippen LogP) is 2.05. The number of anilines is 1. The zero-order chi connectivity index (χ0) is 11.3.